The van der Waals surface area contributed by atoms with Crippen molar-refractivity contribution in [2.75, 3.05) is 6.54 Å². The van der Waals surface area contributed by atoms with E-state index in [4.69, 9.17) is 0 Å². The molecule has 0 saturated carbocycles. The minimum absolute atomic E-state index is 0.107. The van der Waals surface area contributed by atoms with Crippen molar-refractivity contribution in [2.45, 2.75) is 0 Å². The average molecular weight is 128 g/mol. The second kappa shape index (κ2) is 1.94. The first-order chi connectivity index (χ1) is 4.22. The molecular formula is C4H4N2O3. The summed E-state index contributed by atoms with van der Waals surface area (Å²) in [5.74, 6) is -2.56. The summed E-state index contributed by atoms with van der Waals surface area (Å²) in [4.78, 5) is 30.9. The zero-order chi connectivity index (χ0) is 6.85. The van der Waals surface area contributed by atoms with Crippen LogP contribution in [0.1, 0.15) is 0 Å². The van der Waals surface area contributed by atoms with E-state index in [0.29, 0.717) is 0 Å². The number of hydrogen-bond acceptors (Lipinski definition) is 4. The molecule has 0 aromatic heterocycles. The summed E-state index contributed by atoms with van der Waals surface area (Å²) in [5.41, 5.74) is 4.25. The van der Waals surface area contributed by atoms with Crippen molar-refractivity contribution in [1.82, 2.24) is 10.9 Å². The molecule has 1 aliphatic rings. The molecule has 0 aromatic carbocycles. The summed E-state index contributed by atoms with van der Waals surface area (Å²) in [6.45, 7) is -0.107. The molecule has 1 heterocycles. The van der Waals surface area contributed by atoms with Crippen LogP contribution in [-0.4, -0.2) is 24.0 Å². The van der Waals surface area contributed by atoms with Crippen molar-refractivity contribution in [1.29, 1.82) is 0 Å². The van der Waals surface area contributed by atoms with E-state index in [1.165, 1.54) is 0 Å². The monoisotopic (exact) mass is 128 g/mol. The highest BCUT2D eigenvalue weighted by molar-refractivity contribution is 6.64. The maximum atomic E-state index is 10.3. The first-order valence-electron chi connectivity index (χ1n) is 2.32. The van der Waals surface area contributed by atoms with Crippen LogP contribution in [-0.2, 0) is 14.4 Å². The third kappa shape index (κ3) is 0.945. The lowest BCUT2D eigenvalue weighted by Gasteiger charge is -2.08. The van der Waals surface area contributed by atoms with Gasteiger partial charge in [-0.25, -0.2) is 5.43 Å². The largest absolute Gasteiger partial charge is 0.309 e. The molecule has 1 fully saturated rings. The Morgan fingerprint density at radius 3 is 2.33 bits per heavy atom. The van der Waals surface area contributed by atoms with Gasteiger partial charge < -0.3 is 0 Å². The maximum Gasteiger partial charge on any atom is 0.309 e. The Bertz CT molecular complexity index is 168. The molecule has 1 amide bonds. The highest BCUT2D eigenvalue weighted by Gasteiger charge is 2.25. The Hall–Kier alpha value is -1.23. The van der Waals surface area contributed by atoms with Crippen LogP contribution in [0.2, 0.25) is 0 Å². The van der Waals surface area contributed by atoms with Crippen LogP contribution in [0.5, 0.6) is 0 Å². The van der Waals surface area contributed by atoms with E-state index in [1.54, 1.807) is 0 Å². The van der Waals surface area contributed by atoms with Crippen LogP contribution < -0.4 is 10.9 Å². The summed E-state index contributed by atoms with van der Waals surface area (Å²) in [6.07, 6.45) is 0. The predicted octanol–water partition coefficient (Wildman–Crippen LogP) is -2.24. The maximum absolute atomic E-state index is 10.3. The fraction of sp³-hybridized carbons (Fsp3) is 0.250. The van der Waals surface area contributed by atoms with Crippen LogP contribution >= 0.6 is 0 Å². The summed E-state index contributed by atoms with van der Waals surface area (Å²) in [5, 5.41) is 0. The number of ketones is 2. The molecule has 1 saturated heterocycles. The van der Waals surface area contributed by atoms with Crippen molar-refractivity contribution < 1.29 is 14.4 Å². The summed E-state index contributed by atoms with van der Waals surface area (Å²) >= 11 is 0. The number of hydrazine groups is 1. The van der Waals surface area contributed by atoms with Gasteiger partial charge in [-0.15, -0.1) is 0 Å². The Kier molecular flexibility index (Phi) is 1.27. The fourth-order valence-corrected chi connectivity index (χ4v) is 0.468. The van der Waals surface area contributed by atoms with Crippen molar-refractivity contribution in [3.05, 3.63) is 0 Å². The second-order valence-electron chi connectivity index (χ2n) is 1.56. The standard InChI is InChI=1S/C4H4N2O3/c7-2-1-5-6-4(9)3(2)8/h5H,1H2,(H,6,9). The lowest BCUT2D eigenvalue weighted by atomic mass is 10.2. The molecule has 1 aliphatic heterocycles. The van der Waals surface area contributed by atoms with Gasteiger partial charge in [0.15, 0.2) is 0 Å². The van der Waals surface area contributed by atoms with Crippen LogP contribution in [0.25, 0.3) is 0 Å². The van der Waals surface area contributed by atoms with Crippen molar-refractivity contribution >= 4 is 17.5 Å². The highest BCUT2D eigenvalue weighted by atomic mass is 16.2. The molecule has 0 atom stereocenters. The molecule has 0 bridgehead atoms. The number of hydrogen-bond donors (Lipinski definition) is 2. The zero-order valence-corrected chi connectivity index (χ0v) is 4.43. The number of amides is 1. The Morgan fingerprint density at radius 1 is 1.22 bits per heavy atom. The van der Waals surface area contributed by atoms with Gasteiger partial charge in [0.05, 0.1) is 6.54 Å². The number of nitrogens with one attached hydrogen (secondary N) is 2. The topological polar surface area (TPSA) is 75.3 Å². The average Bonchev–Trinajstić information content (AvgIpc) is 1.83. The second-order valence-corrected chi connectivity index (χ2v) is 1.56. The van der Waals surface area contributed by atoms with E-state index in [-0.39, 0.29) is 6.54 Å². The fourth-order valence-electron chi connectivity index (χ4n) is 0.468. The number of carbonyl (C=O) groups excluding carboxylic acids is 3. The third-order valence-electron chi connectivity index (χ3n) is 0.910. The number of carbonyl (C=O) groups is 3. The minimum Gasteiger partial charge on any atom is -0.289 e. The van der Waals surface area contributed by atoms with Gasteiger partial charge in [-0.2, -0.15) is 0 Å². The van der Waals surface area contributed by atoms with Crippen LogP contribution in [0.3, 0.4) is 0 Å². The summed E-state index contributed by atoms with van der Waals surface area (Å²) in [6, 6.07) is 0. The number of Topliss-reactive ketones (excluding diaryl/α,β-unsaturated/α-hetero) is 2. The van der Waals surface area contributed by atoms with E-state index in [1.807, 2.05) is 5.43 Å². The molecule has 0 spiro atoms. The SMILES string of the molecule is O=C1CNNC(=O)C1=O. The zero-order valence-electron chi connectivity index (χ0n) is 4.43. The molecule has 0 unspecified atom stereocenters. The molecular weight excluding hydrogens is 124 g/mol. The van der Waals surface area contributed by atoms with E-state index in [9.17, 15) is 14.4 Å². The smallest absolute Gasteiger partial charge is 0.289 e. The van der Waals surface area contributed by atoms with Crippen LogP contribution in [0.15, 0.2) is 0 Å². The Balaban J connectivity index is 2.74. The highest BCUT2D eigenvalue weighted by Crippen LogP contribution is 1.80. The van der Waals surface area contributed by atoms with Gasteiger partial charge in [0.1, 0.15) is 0 Å². The van der Waals surface area contributed by atoms with Crippen LogP contribution in [0, 0.1) is 0 Å². The molecule has 0 aromatic rings. The van der Waals surface area contributed by atoms with Crippen LogP contribution in [0.4, 0.5) is 0 Å². The van der Waals surface area contributed by atoms with Crippen molar-refractivity contribution in [2.24, 2.45) is 0 Å². The van der Waals surface area contributed by atoms with Gasteiger partial charge >= 0.3 is 5.91 Å². The Labute approximate surface area is 50.4 Å². The quantitative estimate of drug-likeness (QED) is 0.362. The van der Waals surface area contributed by atoms with Gasteiger partial charge in [-0.1, -0.05) is 0 Å². The lowest BCUT2D eigenvalue weighted by molar-refractivity contribution is -0.147. The van der Waals surface area contributed by atoms with Crippen molar-refractivity contribution in [3.63, 3.8) is 0 Å². The summed E-state index contributed by atoms with van der Waals surface area (Å²) in [7, 11) is 0. The molecule has 48 valence electrons. The normalized spacial score (nSPS) is 19.8. The first-order valence-corrected chi connectivity index (χ1v) is 2.32. The van der Waals surface area contributed by atoms with E-state index in [2.05, 4.69) is 5.43 Å². The van der Waals surface area contributed by atoms with Crippen molar-refractivity contribution in [3.8, 4) is 0 Å². The van der Waals surface area contributed by atoms with Gasteiger partial charge in [0, 0.05) is 0 Å². The molecule has 1 rings (SSSR count). The van der Waals surface area contributed by atoms with Gasteiger partial charge in [0.25, 0.3) is 5.78 Å². The molecule has 0 aliphatic carbocycles. The minimum atomic E-state index is -0.978. The molecule has 5 nitrogen and oxygen atoms in total. The molecule has 9 heavy (non-hydrogen) atoms. The van der Waals surface area contributed by atoms with E-state index < -0.39 is 17.5 Å². The van der Waals surface area contributed by atoms with Gasteiger partial charge in [-0.05, 0) is 0 Å². The van der Waals surface area contributed by atoms with Gasteiger partial charge in [0.2, 0.25) is 5.78 Å². The first kappa shape index (κ1) is 5.90. The lowest BCUT2D eigenvalue weighted by Crippen LogP contribution is -2.53. The Morgan fingerprint density at radius 2 is 1.89 bits per heavy atom. The van der Waals surface area contributed by atoms with E-state index in [0.717, 1.165) is 0 Å². The summed E-state index contributed by atoms with van der Waals surface area (Å²) < 4.78 is 0. The van der Waals surface area contributed by atoms with E-state index >= 15 is 0 Å². The molecule has 5 heteroatoms. The molecule has 2 N–H and O–H groups in total. The third-order valence-corrected chi connectivity index (χ3v) is 0.910. The molecule has 0 radical (unpaired) electrons. The van der Waals surface area contributed by atoms with Gasteiger partial charge in [-0.3, -0.25) is 19.8 Å². The number of rotatable bonds is 0. The predicted molar refractivity (Wildman–Crippen MR) is 26.2 cm³/mol.